The average Bonchev–Trinajstić information content (AvgIpc) is 2.40. The topological polar surface area (TPSA) is 32.5 Å². The first-order valence-electron chi connectivity index (χ1n) is 7.63. The summed E-state index contributed by atoms with van der Waals surface area (Å²) < 4.78 is 0. The molecule has 2 N–H and O–H groups in total. The molecule has 3 nitrogen and oxygen atoms in total. The van der Waals surface area contributed by atoms with Crippen LogP contribution in [0.5, 0.6) is 0 Å². The van der Waals surface area contributed by atoms with E-state index in [2.05, 4.69) is 62.9 Å². The van der Waals surface area contributed by atoms with Crippen molar-refractivity contribution in [2.45, 2.75) is 33.2 Å². The third kappa shape index (κ3) is 5.61. The number of nitrogens with zero attached hydrogens (tertiary/aromatic N) is 2. The molecular formula is C17H31N3. The van der Waals surface area contributed by atoms with E-state index in [0.717, 1.165) is 26.2 Å². The van der Waals surface area contributed by atoms with Gasteiger partial charge in [0, 0.05) is 12.6 Å². The minimum Gasteiger partial charge on any atom is -0.323 e. The molecule has 0 bridgehead atoms. The van der Waals surface area contributed by atoms with Gasteiger partial charge in [0.25, 0.3) is 0 Å². The molecular weight excluding hydrogens is 246 g/mol. The normalized spacial score (nSPS) is 13.2. The van der Waals surface area contributed by atoms with Crippen LogP contribution in [0, 0.1) is 13.8 Å². The van der Waals surface area contributed by atoms with E-state index in [1.807, 2.05) is 0 Å². The predicted molar refractivity (Wildman–Crippen MR) is 88.1 cm³/mol. The summed E-state index contributed by atoms with van der Waals surface area (Å²) in [5.41, 5.74) is 10.3. The van der Waals surface area contributed by atoms with E-state index in [9.17, 15) is 0 Å². The molecule has 114 valence electrons. The van der Waals surface area contributed by atoms with Crippen molar-refractivity contribution < 1.29 is 0 Å². The predicted octanol–water partition coefficient (Wildman–Crippen LogP) is 2.58. The summed E-state index contributed by atoms with van der Waals surface area (Å²) in [6.07, 6.45) is 1.19. The van der Waals surface area contributed by atoms with Gasteiger partial charge in [-0.3, -0.25) is 0 Å². The van der Waals surface area contributed by atoms with Crippen molar-refractivity contribution >= 4 is 0 Å². The Bertz CT molecular complexity index is 401. The summed E-state index contributed by atoms with van der Waals surface area (Å²) in [4.78, 5) is 4.68. The van der Waals surface area contributed by atoms with E-state index < -0.39 is 0 Å². The summed E-state index contributed by atoms with van der Waals surface area (Å²) in [7, 11) is 4.24. The maximum absolute atomic E-state index is 6.37. The van der Waals surface area contributed by atoms with Crippen molar-refractivity contribution in [3.05, 3.63) is 34.9 Å². The largest absolute Gasteiger partial charge is 0.323 e. The van der Waals surface area contributed by atoms with Gasteiger partial charge in [-0.25, -0.2) is 0 Å². The van der Waals surface area contributed by atoms with Crippen LogP contribution in [-0.2, 0) is 0 Å². The van der Waals surface area contributed by atoms with Crippen LogP contribution in [-0.4, -0.2) is 50.1 Å². The van der Waals surface area contributed by atoms with E-state index in [4.69, 9.17) is 5.73 Å². The molecule has 0 spiro atoms. The standard InChI is InChI=1S/C17H31N3/c1-6-20(11-7-10-19(4)5)13-17(18)16-9-8-14(2)15(3)12-16/h8-9,12,17H,6-7,10-11,13,18H2,1-5H3. The van der Waals surface area contributed by atoms with Crippen LogP contribution in [0.25, 0.3) is 0 Å². The minimum atomic E-state index is 0.105. The summed E-state index contributed by atoms with van der Waals surface area (Å²) in [6.45, 7) is 10.8. The third-order valence-electron chi connectivity index (χ3n) is 3.94. The number of likely N-dealkylation sites (N-methyl/N-ethyl adjacent to an activating group) is 1. The summed E-state index contributed by atoms with van der Waals surface area (Å²) in [5.74, 6) is 0. The van der Waals surface area contributed by atoms with Crippen LogP contribution in [0.3, 0.4) is 0 Å². The van der Waals surface area contributed by atoms with Gasteiger partial charge < -0.3 is 15.5 Å². The van der Waals surface area contributed by atoms with E-state index in [-0.39, 0.29) is 6.04 Å². The number of benzene rings is 1. The van der Waals surface area contributed by atoms with Gasteiger partial charge in [0.1, 0.15) is 0 Å². The van der Waals surface area contributed by atoms with Crippen LogP contribution >= 0.6 is 0 Å². The molecule has 0 amide bonds. The highest BCUT2D eigenvalue weighted by atomic mass is 15.1. The van der Waals surface area contributed by atoms with Crippen molar-refractivity contribution in [2.75, 3.05) is 40.3 Å². The summed E-state index contributed by atoms with van der Waals surface area (Å²) in [6, 6.07) is 6.68. The van der Waals surface area contributed by atoms with Crippen molar-refractivity contribution in [3.63, 3.8) is 0 Å². The second kappa shape index (κ2) is 8.40. The molecule has 0 saturated carbocycles. The maximum atomic E-state index is 6.37. The van der Waals surface area contributed by atoms with E-state index in [1.165, 1.54) is 23.1 Å². The lowest BCUT2D eigenvalue weighted by Crippen LogP contribution is -2.34. The molecule has 0 radical (unpaired) electrons. The van der Waals surface area contributed by atoms with Gasteiger partial charge >= 0.3 is 0 Å². The fourth-order valence-corrected chi connectivity index (χ4v) is 2.37. The molecule has 0 aliphatic carbocycles. The molecule has 0 saturated heterocycles. The average molecular weight is 277 g/mol. The Morgan fingerprint density at radius 3 is 2.35 bits per heavy atom. The second-order valence-electron chi connectivity index (χ2n) is 6.00. The minimum absolute atomic E-state index is 0.105. The van der Waals surface area contributed by atoms with Crippen molar-refractivity contribution in [1.29, 1.82) is 0 Å². The number of hydrogen-bond acceptors (Lipinski definition) is 3. The molecule has 0 aliphatic rings. The van der Waals surface area contributed by atoms with Gasteiger partial charge in [-0.15, -0.1) is 0 Å². The SMILES string of the molecule is CCN(CCCN(C)C)CC(N)c1ccc(C)c(C)c1. The highest BCUT2D eigenvalue weighted by Crippen LogP contribution is 2.16. The number of hydrogen-bond donors (Lipinski definition) is 1. The molecule has 1 atom stereocenters. The van der Waals surface area contributed by atoms with Crippen LogP contribution in [0.1, 0.15) is 36.1 Å². The quantitative estimate of drug-likeness (QED) is 0.793. The zero-order valence-electron chi connectivity index (χ0n) is 13.8. The molecule has 3 heteroatoms. The second-order valence-corrected chi connectivity index (χ2v) is 6.00. The number of aryl methyl sites for hydroxylation is 2. The lowest BCUT2D eigenvalue weighted by atomic mass is 10.0. The lowest BCUT2D eigenvalue weighted by Gasteiger charge is -2.25. The third-order valence-corrected chi connectivity index (χ3v) is 3.94. The van der Waals surface area contributed by atoms with Gasteiger partial charge in [-0.2, -0.15) is 0 Å². The van der Waals surface area contributed by atoms with Gasteiger partial charge in [-0.1, -0.05) is 25.1 Å². The lowest BCUT2D eigenvalue weighted by molar-refractivity contribution is 0.252. The van der Waals surface area contributed by atoms with Gasteiger partial charge in [-0.05, 0) is 70.7 Å². The van der Waals surface area contributed by atoms with Crippen LogP contribution < -0.4 is 5.73 Å². The maximum Gasteiger partial charge on any atom is 0.0424 e. The first kappa shape index (κ1) is 17.2. The molecule has 0 heterocycles. The van der Waals surface area contributed by atoms with Gasteiger partial charge in [0.2, 0.25) is 0 Å². The number of rotatable bonds is 8. The van der Waals surface area contributed by atoms with Gasteiger partial charge in [0.05, 0.1) is 0 Å². The van der Waals surface area contributed by atoms with Crippen molar-refractivity contribution in [1.82, 2.24) is 9.80 Å². The summed E-state index contributed by atoms with van der Waals surface area (Å²) >= 11 is 0. The molecule has 1 aromatic carbocycles. The highest BCUT2D eigenvalue weighted by Gasteiger charge is 2.11. The molecule has 1 aromatic rings. The Balaban J connectivity index is 2.53. The Hall–Kier alpha value is -0.900. The monoisotopic (exact) mass is 277 g/mol. The van der Waals surface area contributed by atoms with Crippen LogP contribution in [0.2, 0.25) is 0 Å². The smallest absolute Gasteiger partial charge is 0.0424 e. The number of nitrogens with two attached hydrogens (primary N) is 1. The molecule has 0 fully saturated rings. The molecule has 0 aromatic heterocycles. The first-order chi connectivity index (χ1) is 9.43. The fraction of sp³-hybridized carbons (Fsp3) is 0.647. The van der Waals surface area contributed by atoms with E-state index >= 15 is 0 Å². The highest BCUT2D eigenvalue weighted by molar-refractivity contribution is 5.31. The Morgan fingerprint density at radius 1 is 1.10 bits per heavy atom. The molecule has 1 unspecified atom stereocenters. The fourth-order valence-electron chi connectivity index (χ4n) is 2.37. The van der Waals surface area contributed by atoms with E-state index in [0.29, 0.717) is 0 Å². The molecule has 0 aliphatic heterocycles. The first-order valence-corrected chi connectivity index (χ1v) is 7.63. The zero-order chi connectivity index (χ0) is 15.1. The Morgan fingerprint density at radius 2 is 1.80 bits per heavy atom. The Kier molecular flexibility index (Phi) is 7.20. The van der Waals surface area contributed by atoms with Crippen LogP contribution in [0.15, 0.2) is 18.2 Å². The van der Waals surface area contributed by atoms with E-state index in [1.54, 1.807) is 0 Å². The van der Waals surface area contributed by atoms with Crippen molar-refractivity contribution in [2.24, 2.45) is 5.73 Å². The zero-order valence-corrected chi connectivity index (χ0v) is 13.8. The molecule has 1 rings (SSSR count). The van der Waals surface area contributed by atoms with Crippen molar-refractivity contribution in [3.8, 4) is 0 Å². The van der Waals surface area contributed by atoms with Crippen LogP contribution in [0.4, 0.5) is 0 Å². The molecule has 20 heavy (non-hydrogen) atoms. The Labute approximate surface area is 124 Å². The van der Waals surface area contributed by atoms with Gasteiger partial charge in [0.15, 0.2) is 0 Å². The summed E-state index contributed by atoms with van der Waals surface area (Å²) in [5, 5.41) is 0.